The molecule has 0 amide bonds. The number of rotatable bonds is 4. The van der Waals surface area contributed by atoms with Crippen molar-refractivity contribution in [3.05, 3.63) is 42.2 Å². The summed E-state index contributed by atoms with van der Waals surface area (Å²) in [5.41, 5.74) is 1.17. The Morgan fingerprint density at radius 2 is 2.26 bits per heavy atom. The van der Waals surface area contributed by atoms with Gasteiger partial charge >= 0.3 is 0 Å². The first kappa shape index (κ1) is 12.3. The molecular formula is C14H19N5. The summed E-state index contributed by atoms with van der Waals surface area (Å²) in [6, 6.07) is 6.57. The van der Waals surface area contributed by atoms with Gasteiger partial charge in [0.2, 0.25) is 0 Å². The van der Waals surface area contributed by atoms with E-state index < -0.39 is 0 Å². The zero-order valence-electron chi connectivity index (χ0n) is 11.2. The zero-order chi connectivity index (χ0) is 13.1. The largest absolute Gasteiger partial charge is 0.287 e. The third kappa shape index (κ3) is 2.51. The third-order valence-electron chi connectivity index (χ3n) is 3.73. The molecule has 2 aromatic rings. The SMILES string of the molecule is CCn1ncnc1CN1CCC[C@@H]1c1ccccn1. The highest BCUT2D eigenvalue weighted by molar-refractivity contribution is 5.10. The van der Waals surface area contributed by atoms with Crippen LogP contribution in [0.2, 0.25) is 0 Å². The number of hydrogen-bond acceptors (Lipinski definition) is 4. The van der Waals surface area contributed by atoms with Crippen LogP contribution in [-0.4, -0.2) is 31.2 Å². The summed E-state index contributed by atoms with van der Waals surface area (Å²) in [4.78, 5) is 11.3. The maximum atomic E-state index is 4.50. The van der Waals surface area contributed by atoms with Crippen LogP contribution in [0.25, 0.3) is 0 Å². The van der Waals surface area contributed by atoms with Crippen LogP contribution in [0.1, 0.15) is 37.3 Å². The first-order valence-corrected chi connectivity index (χ1v) is 6.90. The molecule has 1 aliphatic rings. The number of hydrogen-bond donors (Lipinski definition) is 0. The highest BCUT2D eigenvalue weighted by Crippen LogP contribution is 2.31. The summed E-state index contributed by atoms with van der Waals surface area (Å²) >= 11 is 0. The molecule has 1 atom stereocenters. The van der Waals surface area contributed by atoms with E-state index in [9.17, 15) is 0 Å². The van der Waals surface area contributed by atoms with Gasteiger partial charge in [0.25, 0.3) is 0 Å². The predicted octanol–water partition coefficient (Wildman–Crippen LogP) is 2.03. The van der Waals surface area contributed by atoms with E-state index in [1.54, 1.807) is 6.33 Å². The molecule has 100 valence electrons. The van der Waals surface area contributed by atoms with Crippen LogP contribution < -0.4 is 0 Å². The van der Waals surface area contributed by atoms with Crippen molar-refractivity contribution in [2.24, 2.45) is 0 Å². The molecule has 0 spiro atoms. The molecule has 0 radical (unpaired) electrons. The lowest BCUT2D eigenvalue weighted by atomic mass is 10.1. The molecule has 0 aromatic carbocycles. The molecule has 2 aromatic heterocycles. The van der Waals surface area contributed by atoms with Gasteiger partial charge in [0.15, 0.2) is 0 Å². The van der Waals surface area contributed by atoms with E-state index in [4.69, 9.17) is 0 Å². The van der Waals surface area contributed by atoms with E-state index in [1.165, 1.54) is 18.5 Å². The Kier molecular flexibility index (Phi) is 3.55. The van der Waals surface area contributed by atoms with Gasteiger partial charge in [0, 0.05) is 12.7 Å². The topological polar surface area (TPSA) is 46.8 Å². The van der Waals surface area contributed by atoms with E-state index in [1.807, 2.05) is 16.9 Å². The van der Waals surface area contributed by atoms with E-state index in [0.29, 0.717) is 6.04 Å². The minimum absolute atomic E-state index is 0.420. The van der Waals surface area contributed by atoms with E-state index in [-0.39, 0.29) is 0 Å². The van der Waals surface area contributed by atoms with Gasteiger partial charge in [0.05, 0.1) is 18.3 Å². The third-order valence-corrected chi connectivity index (χ3v) is 3.73. The van der Waals surface area contributed by atoms with Crippen molar-refractivity contribution in [1.82, 2.24) is 24.6 Å². The molecule has 3 heterocycles. The minimum atomic E-state index is 0.420. The van der Waals surface area contributed by atoms with Crippen LogP contribution in [0.5, 0.6) is 0 Å². The molecule has 1 saturated heterocycles. The van der Waals surface area contributed by atoms with Crippen molar-refractivity contribution in [2.75, 3.05) is 6.54 Å². The number of aryl methyl sites for hydroxylation is 1. The lowest BCUT2D eigenvalue weighted by Gasteiger charge is -2.23. The molecule has 0 unspecified atom stereocenters. The van der Waals surface area contributed by atoms with Gasteiger partial charge in [-0.2, -0.15) is 5.10 Å². The highest BCUT2D eigenvalue weighted by atomic mass is 15.3. The Labute approximate surface area is 113 Å². The summed E-state index contributed by atoms with van der Waals surface area (Å²) in [6.07, 6.45) is 5.92. The predicted molar refractivity (Wildman–Crippen MR) is 72.3 cm³/mol. The summed E-state index contributed by atoms with van der Waals surface area (Å²) in [5, 5.41) is 4.24. The number of aromatic nitrogens is 4. The number of nitrogens with zero attached hydrogens (tertiary/aromatic N) is 5. The fourth-order valence-corrected chi connectivity index (χ4v) is 2.78. The molecule has 0 aliphatic carbocycles. The van der Waals surface area contributed by atoms with E-state index >= 15 is 0 Å². The average molecular weight is 257 g/mol. The van der Waals surface area contributed by atoms with E-state index in [0.717, 1.165) is 25.5 Å². The van der Waals surface area contributed by atoms with Crippen molar-refractivity contribution in [3.63, 3.8) is 0 Å². The average Bonchev–Trinajstić information content (AvgIpc) is 3.09. The van der Waals surface area contributed by atoms with Gasteiger partial charge in [-0.1, -0.05) is 6.07 Å². The monoisotopic (exact) mass is 257 g/mol. The first-order chi connectivity index (χ1) is 9.38. The van der Waals surface area contributed by atoms with Gasteiger partial charge in [-0.15, -0.1) is 0 Å². The van der Waals surface area contributed by atoms with Crippen molar-refractivity contribution in [2.45, 2.75) is 38.9 Å². The molecule has 0 N–H and O–H groups in total. The van der Waals surface area contributed by atoms with E-state index in [2.05, 4.69) is 39.0 Å². The summed E-state index contributed by atoms with van der Waals surface area (Å²) < 4.78 is 1.97. The Balaban J connectivity index is 1.77. The van der Waals surface area contributed by atoms with Crippen molar-refractivity contribution in [3.8, 4) is 0 Å². The molecule has 5 nitrogen and oxygen atoms in total. The zero-order valence-corrected chi connectivity index (χ0v) is 11.2. The smallest absolute Gasteiger partial charge is 0.141 e. The van der Waals surface area contributed by atoms with Gasteiger partial charge in [-0.05, 0) is 38.4 Å². The maximum Gasteiger partial charge on any atom is 0.141 e. The van der Waals surface area contributed by atoms with Crippen LogP contribution in [0.15, 0.2) is 30.7 Å². The van der Waals surface area contributed by atoms with Gasteiger partial charge in [-0.25, -0.2) is 9.67 Å². The van der Waals surface area contributed by atoms with Crippen molar-refractivity contribution in [1.29, 1.82) is 0 Å². The molecule has 1 fully saturated rings. The first-order valence-electron chi connectivity index (χ1n) is 6.90. The summed E-state index contributed by atoms with van der Waals surface area (Å²) in [6.45, 7) is 4.93. The van der Waals surface area contributed by atoms with Gasteiger partial charge < -0.3 is 0 Å². The number of pyridine rings is 1. The minimum Gasteiger partial charge on any atom is -0.287 e. The molecule has 0 saturated carbocycles. The second kappa shape index (κ2) is 5.48. The molecule has 5 heteroatoms. The molecule has 19 heavy (non-hydrogen) atoms. The summed E-state index contributed by atoms with van der Waals surface area (Å²) in [5.74, 6) is 1.05. The standard InChI is InChI=1S/C14H19N5/c1-2-19-14(16-11-17-19)10-18-9-5-7-13(18)12-6-3-4-8-15-12/h3-4,6,8,11,13H,2,5,7,9-10H2,1H3/t13-/m1/s1. The van der Waals surface area contributed by atoms with Crippen LogP contribution in [-0.2, 0) is 13.1 Å². The Bertz CT molecular complexity index is 522. The normalized spacial score (nSPS) is 19.9. The van der Waals surface area contributed by atoms with Crippen LogP contribution in [0.3, 0.4) is 0 Å². The quantitative estimate of drug-likeness (QED) is 0.841. The van der Waals surface area contributed by atoms with Crippen LogP contribution in [0, 0.1) is 0 Å². The lowest BCUT2D eigenvalue weighted by molar-refractivity contribution is 0.234. The fraction of sp³-hybridized carbons (Fsp3) is 0.500. The second-order valence-electron chi connectivity index (χ2n) is 4.88. The van der Waals surface area contributed by atoms with Crippen molar-refractivity contribution < 1.29 is 0 Å². The van der Waals surface area contributed by atoms with Crippen LogP contribution in [0.4, 0.5) is 0 Å². The second-order valence-corrected chi connectivity index (χ2v) is 4.88. The lowest BCUT2D eigenvalue weighted by Crippen LogP contribution is -2.25. The number of likely N-dealkylation sites (tertiary alicyclic amines) is 1. The molecule has 1 aliphatic heterocycles. The molecular weight excluding hydrogens is 238 g/mol. The molecule has 0 bridgehead atoms. The van der Waals surface area contributed by atoms with Crippen LogP contribution >= 0.6 is 0 Å². The Morgan fingerprint density at radius 3 is 3.05 bits per heavy atom. The van der Waals surface area contributed by atoms with Gasteiger partial charge in [0.1, 0.15) is 12.2 Å². The van der Waals surface area contributed by atoms with Crippen molar-refractivity contribution >= 4 is 0 Å². The summed E-state index contributed by atoms with van der Waals surface area (Å²) in [7, 11) is 0. The molecule has 3 rings (SSSR count). The Morgan fingerprint density at radius 1 is 1.32 bits per heavy atom. The maximum absolute atomic E-state index is 4.50. The highest BCUT2D eigenvalue weighted by Gasteiger charge is 2.27. The fourth-order valence-electron chi connectivity index (χ4n) is 2.78. The van der Waals surface area contributed by atoms with Gasteiger partial charge in [-0.3, -0.25) is 9.88 Å². The Hall–Kier alpha value is -1.75.